The first-order chi connectivity index (χ1) is 14.1. The van der Waals surface area contributed by atoms with E-state index < -0.39 is 0 Å². The molecule has 148 valence electrons. The summed E-state index contributed by atoms with van der Waals surface area (Å²) in [6.07, 6.45) is 0. The Kier molecular flexibility index (Phi) is 6.19. The van der Waals surface area contributed by atoms with Gasteiger partial charge in [-0.15, -0.1) is 0 Å². The van der Waals surface area contributed by atoms with Crippen molar-refractivity contribution in [2.75, 3.05) is 26.2 Å². The molecule has 3 nitrogen and oxygen atoms in total. The first-order valence-electron chi connectivity index (χ1n) is 9.71. The van der Waals surface area contributed by atoms with Gasteiger partial charge in [0.2, 0.25) is 0 Å². The van der Waals surface area contributed by atoms with Gasteiger partial charge in [0.05, 0.1) is 6.04 Å². The van der Waals surface area contributed by atoms with Crippen LogP contribution in [0.1, 0.15) is 27.5 Å². The van der Waals surface area contributed by atoms with E-state index in [1.165, 1.54) is 11.1 Å². The molecule has 0 aliphatic carbocycles. The lowest BCUT2D eigenvalue weighted by atomic mass is 9.96. The van der Waals surface area contributed by atoms with Crippen molar-refractivity contribution in [3.63, 3.8) is 0 Å². The molecule has 1 aliphatic rings. The van der Waals surface area contributed by atoms with Crippen LogP contribution >= 0.6 is 23.2 Å². The Labute approximate surface area is 181 Å². The fraction of sp³-hybridized carbons (Fsp3) is 0.208. The van der Waals surface area contributed by atoms with E-state index in [0.717, 1.165) is 18.1 Å². The Hall–Kier alpha value is -2.33. The van der Waals surface area contributed by atoms with E-state index in [0.29, 0.717) is 23.7 Å². The first-order valence-corrected chi connectivity index (χ1v) is 10.5. The van der Waals surface area contributed by atoms with Gasteiger partial charge in [0.25, 0.3) is 5.91 Å². The minimum atomic E-state index is 0.0593. The van der Waals surface area contributed by atoms with Gasteiger partial charge in [-0.2, -0.15) is 0 Å². The SMILES string of the molecule is O=C(c1ccc(Cl)cc1)N1CCN([C@H](c2ccccc2)c2ccc(Cl)cc2)CC1. The van der Waals surface area contributed by atoms with Crippen LogP contribution in [0.25, 0.3) is 0 Å². The van der Waals surface area contributed by atoms with Crippen molar-refractivity contribution in [3.05, 3.63) is 106 Å². The molecule has 1 amide bonds. The quantitative estimate of drug-likeness (QED) is 0.548. The van der Waals surface area contributed by atoms with Crippen molar-refractivity contribution in [2.45, 2.75) is 6.04 Å². The highest BCUT2D eigenvalue weighted by atomic mass is 35.5. The van der Waals surface area contributed by atoms with Gasteiger partial charge in [0, 0.05) is 41.8 Å². The molecule has 29 heavy (non-hydrogen) atoms. The molecule has 4 rings (SSSR count). The third-order valence-corrected chi connectivity index (χ3v) is 5.86. The number of benzene rings is 3. The average Bonchev–Trinajstić information content (AvgIpc) is 2.77. The van der Waals surface area contributed by atoms with Crippen LogP contribution < -0.4 is 0 Å². The van der Waals surface area contributed by atoms with Crippen LogP contribution in [0.15, 0.2) is 78.9 Å². The molecule has 1 aliphatic heterocycles. The third-order valence-electron chi connectivity index (χ3n) is 5.36. The molecule has 1 saturated heterocycles. The number of carbonyl (C=O) groups excluding carboxylic acids is 1. The van der Waals surface area contributed by atoms with Gasteiger partial charge in [-0.25, -0.2) is 0 Å². The zero-order valence-electron chi connectivity index (χ0n) is 16.0. The van der Waals surface area contributed by atoms with Crippen molar-refractivity contribution in [3.8, 4) is 0 Å². The van der Waals surface area contributed by atoms with Crippen LogP contribution in [-0.4, -0.2) is 41.9 Å². The molecular weight excluding hydrogens is 403 g/mol. The molecule has 1 heterocycles. The Morgan fingerprint density at radius 2 is 1.21 bits per heavy atom. The highest BCUT2D eigenvalue weighted by Gasteiger charge is 2.28. The second-order valence-electron chi connectivity index (χ2n) is 7.20. The van der Waals surface area contributed by atoms with Crippen molar-refractivity contribution in [1.82, 2.24) is 9.80 Å². The number of carbonyl (C=O) groups is 1. The van der Waals surface area contributed by atoms with Gasteiger partial charge in [-0.3, -0.25) is 9.69 Å². The van der Waals surface area contributed by atoms with E-state index in [2.05, 4.69) is 41.3 Å². The molecule has 3 aromatic carbocycles. The summed E-state index contributed by atoms with van der Waals surface area (Å²) in [6.45, 7) is 3.00. The number of hydrogen-bond acceptors (Lipinski definition) is 2. The number of amides is 1. The van der Waals surface area contributed by atoms with Gasteiger partial charge in [-0.05, 0) is 47.5 Å². The molecule has 0 N–H and O–H groups in total. The van der Waals surface area contributed by atoms with Gasteiger partial charge >= 0.3 is 0 Å². The van der Waals surface area contributed by atoms with Crippen LogP contribution in [0, 0.1) is 0 Å². The van der Waals surface area contributed by atoms with Gasteiger partial charge < -0.3 is 4.90 Å². The third kappa shape index (κ3) is 4.64. The number of rotatable bonds is 4. The zero-order chi connectivity index (χ0) is 20.2. The molecule has 1 fully saturated rings. The van der Waals surface area contributed by atoms with Gasteiger partial charge in [0.15, 0.2) is 0 Å². The van der Waals surface area contributed by atoms with Crippen LogP contribution in [0.3, 0.4) is 0 Å². The summed E-state index contributed by atoms with van der Waals surface area (Å²) in [5.74, 6) is 0.0593. The summed E-state index contributed by atoms with van der Waals surface area (Å²) in [6, 6.07) is 25.8. The number of nitrogens with zero attached hydrogens (tertiary/aromatic N) is 2. The second-order valence-corrected chi connectivity index (χ2v) is 8.07. The standard InChI is InChI=1S/C24H22Cl2N2O/c25-21-10-6-19(7-11-21)23(18-4-2-1-3-5-18)27-14-16-28(17-15-27)24(29)20-8-12-22(26)13-9-20/h1-13,23H,14-17H2/t23-/m1/s1. The maximum atomic E-state index is 12.8. The Morgan fingerprint density at radius 3 is 1.79 bits per heavy atom. The van der Waals surface area contributed by atoms with Crippen LogP contribution in [0.5, 0.6) is 0 Å². The molecule has 3 aromatic rings. The van der Waals surface area contributed by atoms with E-state index in [1.54, 1.807) is 24.3 Å². The van der Waals surface area contributed by atoms with Crippen LogP contribution in [0.2, 0.25) is 10.0 Å². The zero-order valence-corrected chi connectivity index (χ0v) is 17.5. The summed E-state index contributed by atoms with van der Waals surface area (Å²) in [5.41, 5.74) is 3.13. The van der Waals surface area contributed by atoms with Crippen molar-refractivity contribution >= 4 is 29.1 Å². The molecule has 0 aromatic heterocycles. The maximum Gasteiger partial charge on any atom is 0.253 e. The number of piperazine rings is 1. The van der Waals surface area contributed by atoms with E-state index in [4.69, 9.17) is 23.2 Å². The molecule has 0 radical (unpaired) electrons. The smallest absolute Gasteiger partial charge is 0.253 e. The fourth-order valence-electron chi connectivity index (χ4n) is 3.85. The number of hydrogen-bond donors (Lipinski definition) is 0. The summed E-state index contributed by atoms with van der Waals surface area (Å²) in [7, 11) is 0. The van der Waals surface area contributed by atoms with E-state index in [-0.39, 0.29) is 11.9 Å². The highest BCUT2D eigenvalue weighted by Crippen LogP contribution is 2.30. The highest BCUT2D eigenvalue weighted by molar-refractivity contribution is 6.30. The normalized spacial score (nSPS) is 15.9. The molecule has 0 unspecified atom stereocenters. The largest absolute Gasteiger partial charge is 0.336 e. The Bertz CT molecular complexity index is 950. The average molecular weight is 425 g/mol. The molecule has 0 saturated carbocycles. The van der Waals surface area contributed by atoms with Crippen molar-refractivity contribution in [1.29, 1.82) is 0 Å². The van der Waals surface area contributed by atoms with E-state index in [9.17, 15) is 4.79 Å². The molecular formula is C24H22Cl2N2O. The van der Waals surface area contributed by atoms with E-state index >= 15 is 0 Å². The summed E-state index contributed by atoms with van der Waals surface area (Å²) >= 11 is 12.0. The summed E-state index contributed by atoms with van der Waals surface area (Å²) in [4.78, 5) is 17.2. The predicted octanol–water partition coefficient (Wildman–Crippen LogP) is 5.54. The Balaban J connectivity index is 1.51. The minimum Gasteiger partial charge on any atom is -0.336 e. The monoisotopic (exact) mass is 424 g/mol. The number of halogens is 2. The second kappa shape index (κ2) is 9.00. The first kappa shape index (κ1) is 20.0. The molecule has 0 bridgehead atoms. The predicted molar refractivity (Wildman–Crippen MR) is 119 cm³/mol. The van der Waals surface area contributed by atoms with Crippen LogP contribution in [-0.2, 0) is 0 Å². The fourth-order valence-corrected chi connectivity index (χ4v) is 4.10. The van der Waals surface area contributed by atoms with Gasteiger partial charge in [-0.1, -0.05) is 65.7 Å². The Morgan fingerprint density at radius 1 is 0.690 bits per heavy atom. The molecule has 1 atom stereocenters. The molecule has 0 spiro atoms. The summed E-state index contributed by atoms with van der Waals surface area (Å²) in [5, 5.41) is 1.37. The van der Waals surface area contributed by atoms with Crippen molar-refractivity contribution in [2.24, 2.45) is 0 Å². The maximum absolute atomic E-state index is 12.8. The van der Waals surface area contributed by atoms with Crippen molar-refractivity contribution < 1.29 is 4.79 Å². The summed E-state index contributed by atoms with van der Waals surface area (Å²) < 4.78 is 0. The molecule has 5 heteroatoms. The van der Waals surface area contributed by atoms with E-state index in [1.807, 2.05) is 23.1 Å². The van der Waals surface area contributed by atoms with Crippen LogP contribution in [0.4, 0.5) is 0 Å². The van der Waals surface area contributed by atoms with Gasteiger partial charge in [0.1, 0.15) is 0 Å². The lowest BCUT2D eigenvalue weighted by Gasteiger charge is -2.39. The lowest BCUT2D eigenvalue weighted by Crippen LogP contribution is -2.49. The lowest BCUT2D eigenvalue weighted by molar-refractivity contribution is 0.0597. The minimum absolute atomic E-state index is 0.0593. The topological polar surface area (TPSA) is 23.6 Å².